The van der Waals surface area contributed by atoms with Crippen molar-refractivity contribution in [2.45, 2.75) is 4.90 Å². The number of fused-ring (bicyclic) bond motifs is 1. The highest BCUT2D eigenvalue weighted by molar-refractivity contribution is 7.98. The molecule has 0 bridgehead atoms. The molecule has 2 aromatic rings. The lowest BCUT2D eigenvalue weighted by Crippen LogP contribution is -1.81. The van der Waals surface area contributed by atoms with Crippen molar-refractivity contribution in [3.63, 3.8) is 0 Å². The molecular weight excluding hydrogens is 182 g/mol. The molecule has 0 fully saturated rings. The van der Waals surface area contributed by atoms with Crippen LogP contribution in [-0.4, -0.2) is 16.2 Å². The summed E-state index contributed by atoms with van der Waals surface area (Å²) in [5.41, 5.74) is 2.52. The molecule has 1 aromatic carbocycles. The molecule has 0 aliphatic carbocycles. The first kappa shape index (κ1) is 8.14. The molecule has 3 nitrogen and oxygen atoms in total. The van der Waals surface area contributed by atoms with E-state index in [0.29, 0.717) is 5.56 Å². The number of nitriles is 1. The van der Waals surface area contributed by atoms with Gasteiger partial charge in [-0.25, -0.2) is 4.98 Å². The molecule has 4 heteroatoms. The third-order valence-corrected chi connectivity index (χ3v) is 2.64. The zero-order valence-corrected chi connectivity index (χ0v) is 7.85. The minimum atomic E-state index is 0.698. The summed E-state index contributed by atoms with van der Waals surface area (Å²) in [5, 5.41) is 8.85. The Morgan fingerprint density at radius 3 is 3.08 bits per heavy atom. The van der Waals surface area contributed by atoms with Gasteiger partial charge in [-0.15, -0.1) is 11.8 Å². The average molecular weight is 189 g/mol. The molecular formula is C9H7N3S. The maximum Gasteiger partial charge on any atom is 0.100 e. The maximum absolute atomic E-state index is 8.85. The molecule has 13 heavy (non-hydrogen) atoms. The number of benzene rings is 1. The number of rotatable bonds is 1. The topological polar surface area (TPSA) is 52.5 Å². The third kappa shape index (κ3) is 1.27. The van der Waals surface area contributed by atoms with E-state index in [0.717, 1.165) is 15.9 Å². The van der Waals surface area contributed by atoms with Crippen molar-refractivity contribution in [3.8, 4) is 6.07 Å². The minimum absolute atomic E-state index is 0.698. The molecule has 0 saturated carbocycles. The number of aromatic amines is 1. The lowest BCUT2D eigenvalue weighted by atomic mass is 10.2. The molecule has 1 aromatic heterocycles. The van der Waals surface area contributed by atoms with Crippen molar-refractivity contribution in [1.82, 2.24) is 9.97 Å². The van der Waals surface area contributed by atoms with Crippen LogP contribution in [0, 0.1) is 11.3 Å². The molecule has 64 valence electrons. The second-order valence-corrected chi connectivity index (χ2v) is 3.43. The van der Waals surface area contributed by atoms with Crippen molar-refractivity contribution in [3.05, 3.63) is 24.0 Å². The van der Waals surface area contributed by atoms with Crippen LogP contribution < -0.4 is 0 Å². The predicted octanol–water partition coefficient (Wildman–Crippen LogP) is 2.16. The fourth-order valence-electron chi connectivity index (χ4n) is 1.22. The Labute approximate surface area is 79.8 Å². The summed E-state index contributed by atoms with van der Waals surface area (Å²) in [5.74, 6) is 0. The molecule has 2 rings (SSSR count). The number of thioether (sulfide) groups is 1. The molecule has 0 radical (unpaired) electrons. The number of hydrogen-bond acceptors (Lipinski definition) is 3. The predicted molar refractivity (Wildman–Crippen MR) is 52.6 cm³/mol. The Morgan fingerprint density at radius 2 is 2.38 bits per heavy atom. The van der Waals surface area contributed by atoms with Gasteiger partial charge in [0.2, 0.25) is 0 Å². The number of aromatic nitrogens is 2. The molecule has 1 heterocycles. The van der Waals surface area contributed by atoms with Gasteiger partial charge in [-0.3, -0.25) is 0 Å². The Hall–Kier alpha value is -1.47. The smallest absolute Gasteiger partial charge is 0.100 e. The number of nitrogens with one attached hydrogen (secondary N) is 1. The fourth-order valence-corrected chi connectivity index (χ4v) is 1.77. The molecule has 0 atom stereocenters. The summed E-state index contributed by atoms with van der Waals surface area (Å²) in [4.78, 5) is 8.07. The summed E-state index contributed by atoms with van der Waals surface area (Å²) in [6, 6.07) is 5.91. The van der Waals surface area contributed by atoms with E-state index in [1.165, 1.54) is 0 Å². The van der Waals surface area contributed by atoms with Gasteiger partial charge in [0, 0.05) is 4.90 Å². The average Bonchev–Trinajstić information content (AvgIpc) is 2.62. The van der Waals surface area contributed by atoms with E-state index < -0.39 is 0 Å². The van der Waals surface area contributed by atoms with E-state index in [1.807, 2.05) is 18.4 Å². The standard InChI is InChI=1S/C9H7N3S/c1-13-9-3-8-7(11-5-12-8)2-6(9)4-10/h2-3,5H,1H3,(H,11,12). The van der Waals surface area contributed by atoms with E-state index in [2.05, 4.69) is 16.0 Å². The fraction of sp³-hybridized carbons (Fsp3) is 0.111. The monoisotopic (exact) mass is 189 g/mol. The largest absolute Gasteiger partial charge is 0.345 e. The molecule has 0 amide bonds. The minimum Gasteiger partial charge on any atom is -0.345 e. The Balaban J connectivity index is 2.76. The second kappa shape index (κ2) is 3.11. The lowest BCUT2D eigenvalue weighted by Gasteiger charge is -1.98. The second-order valence-electron chi connectivity index (χ2n) is 2.58. The summed E-state index contributed by atoms with van der Waals surface area (Å²) in [6.45, 7) is 0. The van der Waals surface area contributed by atoms with Crippen LogP contribution in [0.1, 0.15) is 5.56 Å². The molecule has 0 spiro atoms. The SMILES string of the molecule is CSc1cc2nc[nH]c2cc1C#N. The van der Waals surface area contributed by atoms with E-state index in [4.69, 9.17) is 5.26 Å². The van der Waals surface area contributed by atoms with Gasteiger partial charge in [0.1, 0.15) is 6.07 Å². The van der Waals surface area contributed by atoms with Crippen molar-refractivity contribution in [2.24, 2.45) is 0 Å². The lowest BCUT2D eigenvalue weighted by molar-refractivity contribution is 1.34. The van der Waals surface area contributed by atoms with Crippen LogP contribution >= 0.6 is 11.8 Å². The van der Waals surface area contributed by atoms with Gasteiger partial charge in [-0.05, 0) is 18.4 Å². The normalized spacial score (nSPS) is 10.2. The third-order valence-electron chi connectivity index (χ3n) is 1.86. The first-order valence-corrected chi connectivity index (χ1v) is 4.99. The van der Waals surface area contributed by atoms with E-state index >= 15 is 0 Å². The summed E-state index contributed by atoms with van der Waals surface area (Å²) in [7, 11) is 0. The van der Waals surface area contributed by atoms with Gasteiger partial charge in [-0.2, -0.15) is 5.26 Å². The van der Waals surface area contributed by atoms with Crippen molar-refractivity contribution in [1.29, 1.82) is 5.26 Å². The summed E-state index contributed by atoms with van der Waals surface area (Å²) < 4.78 is 0. The van der Waals surface area contributed by atoms with Crippen LogP contribution in [0.2, 0.25) is 0 Å². The van der Waals surface area contributed by atoms with Gasteiger partial charge < -0.3 is 4.98 Å². The van der Waals surface area contributed by atoms with E-state index in [1.54, 1.807) is 18.1 Å². The number of H-pyrrole nitrogens is 1. The van der Waals surface area contributed by atoms with Crippen LogP contribution in [0.4, 0.5) is 0 Å². The highest BCUT2D eigenvalue weighted by atomic mass is 32.2. The van der Waals surface area contributed by atoms with Crippen LogP contribution in [0.3, 0.4) is 0 Å². The zero-order chi connectivity index (χ0) is 9.26. The van der Waals surface area contributed by atoms with E-state index in [-0.39, 0.29) is 0 Å². The van der Waals surface area contributed by atoms with Gasteiger partial charge >= 0.3 is 0 Å². The Bertz CT molecular complexity index is 481. The molecule has 0 aliphatic heterocycles. The number of nitrogens with zero attached hydrogens (tertiary/aromatic N) is 2. The Kier molecular flexibility index (Phi) is 1.95. The summed E-state index contributed by atoms with van der Waals surface area (Å²) >= 11 is 1.56. The maximum atomic E-state index is 8.85. The van der Waals surface area contributed by atoms with E-state index in [9.17, 15) is 0 Å². The molecule has 1 N–H and O–H groups in total. The molecule has 0 saturated heterocycles. The molecule has 0 aliphatic rings. The summed E-state index contributed by atoms with van der Waals surface area (Å²) in [6.07, 6.45) is 3.59. The highest BCUT2D eigenvalue weighted by Gasteiger charge is 2.04. The first-order chi connectivity index (χ1) is 6.35. The van der Waals surface area contributed by atoms with Crippen molar-refractivity contribution in [2.75, 3.05) is 6.26 Å². The zero-order valence-electron chi connectivity index (χ0n) is 7.03. The van der Waals surface area contributed by atoms with Crippen LogP contribution in [0.15, 0.2) is 23.4 Å². The van der Waals surface area contributed by atoms with Crippen molar-refractivity contribution >= 4 is 22.8 Å². The number of hydrogen-bond donors (Lipinski definition) is 1. The van der Waals surface area contributed by atoms with Gasteiger partial charge in [0.05, 0.1) is 22.9 Å². The first-order valence-electron chi connectivity index (χ1n) is 3.76. The van der Waals surface area contributed by atoms with Gasteiger partial charge in [-0.1, -0.05) is 0 Å². The van der Waals surface area contributed by atoms with Crippen LogP contribution in [0.25, 0.3) is 11.0 Å². The highest BCUT2D eigenvalue weighted by Crippen LogP contribution is 2.24. The van der Waals surface area contributed by atoms with Crippen LogP contribution in [-0.2, 0) is 0 Å². The quantitative estimate of drug-likeness (QED) is 0.699. The van der Waals surface area contributed by atoms with Crippen molar-refractivity contribution < 1.29 is 0 Å². The number of imidazole rings is 1. The Morgan fingerprint density at radius 1 is 1.54 bits per heavy atom. The molecule has 0 unspecified atom stereocenters. The van der Waals surface area contributed by atoms with Gasteiger partial charge in [0.25, 0.3) is 0 Å². The van der Waals surface area contributed by atoms with Gasteiger partial charge in [0.15, 0.2) is 0 Å². The van der Waals surface area contributed by atoms with Crippen LogP contribution in [0.5, 0.6) is 0 Å².